The lowest BCUT2D eigenvalue weighted by Gasteiger charge is -2.15. The molecule has 0 aliphatic carbocycles. The summed E-state index contributed by atoms with van der Waals surface area (Å²) in [6.45, 7) is 8.90. The number of hydrogen-bond donors (Lipinski definition) is 0. The zero-order chi connectivity index (χ0) is 9.23. The Kier molecular flexibility index (Phi) is 8.95. The molecule has 0 saturated carbocycles. The summed E-state index contributed by atoms with van der Waals surface area (Å²) in [6, 6.07) is 0. The fourth-order valence-electron chi connectivity index (χ4n) is 0.816. The van der Waals surface area contributed by atoms with Gasteiger partial charge in [0.15, 0.2) is 6.29 Å². The molecule has 0 aromatic rings. The molecular weight excluding hydrogens is 152 g/mol. The maximum atomic E-state index is 5.48. The van der Waals surface area contributed by atoms with Crippen LogP contribution in [-0.4, -0.2) is 12.9 Å². The molecule has 0 amide bonds. The van der Waals surface area contributed by atoms with Crippen LogP contribution in [0.25, 0.3) is 0 Å². The van der Waals surface area contributed by atoms with Gasteiger partial charge in [0.1, 0.15) is 0 Å². The van der Waals surface area contributed by atoms with E-state index in [1.54, 1.807) is 6.61 Å². The summed E-state index contributed by atoms with van der Waals surface area (Å²) in [7, 11) is 0. The van der Waals surface area contributed by atoms with Crippen LogP contribution in [0.2, 0.25) is 0 Å². The van der Waals surface area contributed by atoms with Crippen LogP contribution in [0.4, 0.5) is 0 Å². The van der Waals surface area contributed by atoms with Gasteiger partial charge in [-0.15, -0.1) is 0 Å². The summed E-state index contributed by atoms with van der Waals surface area (Å²) in [5, 5.41) is 0. The molecule has 2 nitrogen and oxygen atoms in total. The van der Waals surface area contributed by atoms with Crippen molar-refractivity contribution in [2.24, 2.45) is 0 Å². The Morgan fingerprint density at radius 2 is 2.00 bits per heavy atom. The van der Waals surface area contributed by atoms with Gasteiger partial charge in [-0.05, 0) is 19.3 Å². The van der Waals surface area contributed by atoms with E-state index in [1.807, 2.05) is 0 Å². The largest absolute Gasteiger partial charge is 0.353 e. The van der Waals surface area contributed by atoms with E-state index in [4.69, 9.17) is 9.47 Å². The van der Waals surface area contributed by atoms with Gasteiger partial charge in [0, 0.05) is 6.61 Å². The quantitative estimate of drug-likeness (QED) is 0.415. The molecule has 0 aliphatic heterocycles. The molecule has 12 heavy (non-hydrogen) atoms. The minimum Gasteiger partial charge on any atom is -0.353 e. The third kappa shape index (κ3) is 6.62. The topological polar surface area (TPSA) is 18.5 Å². The molecule has 0 heterocycles. The summed E-state index contributed by atoms with van der Waals surface area (Å²) >= 11 is 0. The van der Waals surface area contributed by atoms with E-state index >= 15 is 0 Å². The first kappa shape index (κ1) is 11.9. The summed E-state index contributed by atoms with van der Waals surface area (Å²) in [5.41, 5.74) is 0. The van der Waals surface area contributed by atoms with Crippen molar-refractivity contribution in [2.75, 3.05) is 6.61 Å². The van der Waals surface area contributed by atoms with Crippen LogP contribution >= 0.6 is 0 Å². The van der Waals surface area contributed by atoms with Crippen LogP contribution in [0.5, 0.6) is 0 Å². The van der Waals surface area contributed by atoms with Gasteiger partial charge < -0.3 is 9.47 Å². The van der Waals surface area contributed by atoms with Crippen molar-refractivity contribution in [3.8, 4) is 0 Å². The van der Waals surface area contributed by atoms with E-state index < -0.39 is 0 Å². The zero-order valence-electron chi connectivity index (χ0n) is 8.51. The Balaban J connectivity index is 3.26. The highest BCUT2D eigenvalue weighted by Crippen LogP contribution is 2.04. The highest BCUT2D eigenvalue weighted by Gasteiger charge is 2.04. The Morgan fingerprint density at radius 3 is 2.50 bits per heavy atom. The van der Waals surface area contributed by atoms with E-state index in [2.05, 4.69) is 20.8 Å². The van der Waals surface area contributed by atoms with Crippen molar-refractivity contribution in [1.82, 2.24) is 0 Å². The molecule has 1 atom stereocenters. The van der Waals surface area contributed by atoms with Crippen molar-refractivity contribution >= 4 is 0 Å². The molecule has 0 saturated heterocycles. The maximum Gasteiger partial charge on any atom is 0.157 e. The Hall–Kier alpha value is -0.0800. The van der Waals surface area contributed by atoms with Crippen LogP contribution in [-0.2, 0) is 9.47 Å². The van der Waals surface area contributed by atoms with E-state index in [0.29, 0.717) is 0 Å². The molecule has 0 fully saturated rings. The fourth-order valence-corrected chi connectivity index (χ4v) is 0.816. The van der Waals surface area contributed by atoms with Crippen molar-refractivity contribution in [2.45, 2.75) is 52.7 Å². The van der Waals surface area contributed by atoms with E-state index in [0.717, 1.165) is 25.9 Å². The molecule has 0 spiro atoms. The van der Waals surface area contributed by atoms with Gasteiger partial charge in [0.2, 0.25) is 0 Å². The van der Waals surface area contributed by atoms with Crippen LogP contribution in [0.3, 0.4) is 0 Å². The zero-order valence-corrected chi connectivity index (χ0v) is 8.51. The molecule has 0 aromatic carbocycles. The average molecular weight is 173 g/mol. The van der Waals surface area contributed by atoms with Crippen LogP contribution in [0.1, 0.15) is 46.5 Å². The highest BCUT2D eigenvalue weighted by atomic mass is 16.7. The van der Waals surface area contributed by atoms with Gasteiger partial charge >= 0.3 is 0 Å². The Labute approximate surface area is 76.3 Å². The molecule has 0 aromatic heterocycles. The second kappa shape index (κ2) is 9.01. The summed E-state index contributed by atoms with van der Waals surface area (Å²) < 4.78 is 10.8. The normalized spacial score (nSPS) is 13.2. The smallest absolute Gasteiger partial charge is 0.157 e. The van der Waals surface area contributed by atoms with Gasteiger partial charge in [-0.3, -0.25) is 0 Å². The van der Waals surface area contributed by atoms with Gasteiger partial charge in [0.25, 0.3) is 0 Å². The monoisotopic (exact) mass is 173 g/mol. The SMILES string of the molecule is CC[CH]OC(CC)OCCCC. The van der Waals surface area contributed by atoms with Crippen molar-refractivity contribution < 1.29 is 9.47 Å². The Morgan fingerprint density at radius 1 is 1.25 bits per heavy atom. The third-order valence-electron chi connectivity index (χ3n) is 1.55. The van der Waals surface area contributed by atoms with E-state index in [1.165, 1.54) is 6.42 Å². The molecule has 0 N–H and O–H groups in total. The van der Waals surface area contributed by atoms with E-state index in [9.17, 15) is 0 Å². The van der Waals surface area contributed by atoms with Crippen molar-refractivity contribution in [1.29, 1.82) is 0 Å². The minimum atomic E-state index is -0.0310. The fraction of sp³-hybridized carbons (Fsp3) is 0.900. The van der Waals surface area contributed by atoms with E-state index in [-0.39, 0.29) is 6.29 Å². The molecule has 0 bridgehead atoms. The predicted octanol–water partition coefficient (Wildman–Crippen LogP) is 3.13. The van der Waals surface area contributed by atoms with Gasteiger partial charge in [-0.1, -0.05) is 27.2 Å². The number of hydrogen-bond acceptors (Lipinski definition) is 2. The lowest BCUT2D eigenvalue weighted by Crippen LogP contribution is -2.15. The first-order chi connectivity index (χ1) is 5.85. The number of ether oxygens (including phenoxy) is 2. The third-order valence-corrected chi connectivity index (χ3v) is 1.55. The second-order valence-corrected chi connectivity index (χ2v) is 2.77. The second-order valence-electron chi connectivity index (χ2n) is 2.77. The minimum absolute atomic E-state index is 0.0310. The summed E-state index contributed by atoms with van der Waals surface area (Å²) in [5.74, 6) is 0. The first-order valence-electron chi connectivity index (χ1n) is 4.93. The highest BCUT2D eigenvalue weighted by molar-refractivity contribution is 4.48. The molecule has 73 valence electrons. The molecular formula is C10H21O2. The summed E-state index contributed by atoms with van der Waals surface area (Å²) in [6.07, 6.45) is 4.12. The summed E-state index contributed by atoms with van der Waals surface area (Å²) in [4.78, 5) is 0. The van der Waals surface area contributed by atoms with Gasteiger partial charge in [-0.25, -0.2) is 0 Å². The molecule has 1 radical (unpaired) electrons. The van der Waals surface area contributed by atoms with Gasteiger partial charge in [-0.2, -0.15) is 0 Å². The standard InChI is InChI=1S/C10H21O2/c1-4-7-9-12-10(6-3)11-8-5-2/h8,10H,4-7,9H2,1-3H3. The number of rotatable bonds is 8. The lowest BCUT2D eigenvalue weighted by molar-refractivity contribution is -0.123. The van der Waals surface area contributed by atoms with Crippen LogP contribution in [0, 0.1) is 6.61 Å². The van der Waals surface area contributed by atoms with Crippen molar-refractivity contribution in [3.63, 3.8) is 0 Å². The molecule has 0 rings (SSSR count). The number of unbranched alkanes of at least 4 members (excludes halogenated alkanes) is 1. The maximum absolute atomic E-state index is 5.48. The molecule has 2 heteroatoms. The average Bonchev–Trinajstić information content (AvgIpc) is 2.11. The van der Waals surface area contributed by atoms with Gasteiger partial charge in [0.05, 0.1) is 6.61 Å². The Bertz CT molecular complexity index is 83.9. The molecule has 0 aliphatic rings. The van der Waals surface area contributed by atoms with Crippen LogP contribution in [0.15, 0.2) is 0 Å². The lowest BCUT2D eigenvalue weighted by atomic mass is 10.3. The first-order valence-corrected chi connectivity index (χ1v) is 4.93. The van der Waals surface area contributed by atoms with Crippen molar-refractivity contribution in [3.05, 3.63) is 6.61 Å². The van der Waals surface area contributed by atoms with Crippen LogP contribution < -0.4 is 0 Å². The predicted molar refractivity (Wildman–Crippen MR) is 50.6 cm³/mol. The molecule has 1 unspecified atom stereocenters.